The maximum atomic E-state index is 14.1. The molecule has 45 heavy (non-hydrogen) atoms. The number of hydrogen-bond acceptors (Lipinski definition) is 9. The maximum absolute atomic E-state index is 14.1. The quantitative estimate of drug-likeness (QED) is 0.175. The molecule has 2 aliphatic heterocycles. The van der Waals surface area contributed by atoms with Crippen LogP contribution in [0.25, 0.3) is 11.0 Å². The van der Waals surface area contributed by atoms with Crippen LogP contribution in [0.3, 0.4) is 0 Å². The third-order valence-corrected chi connectivity index (χ3v) is 7.95. The zero-order valence-electron chi connectivity index (χ0n) is 24.0. The molecule has 0 spiro atoms. The van der Waals surface area contributed by atoms with E-state index in [0.717, 1.165) is 12.8 Å². The summed E-state index contributed by atoms with van der Waals surface area (Å²) >= 11 is 6.14. The maximum Gasteiger partial charge on any atom is 0.269 e. The molecule has 12 nitrogen and oxygen atoms in total. The third-order valence-electron chi connectivity index (χ3n) is 7.72. The minimum absolute atomic E-state index is 0.0853. The van der Waals surface area contributed by atoms with E-state index in [4.69, 9.17) is 30.2 Å². The molecule has 0 aliphatic carbocycles. The molecular weight excluding hydrogens is 606 g/mol. The topological polar surface area (TPSA) is 142 Å². The Morgan fingerprint density at radius 1 is 0.978 bits per heavy atom. The molecule has 1 unspecified atom stereocenters. The second kappa shape index (κ2) is 13.0. The molecule has 0 bridgehead atoms. The number of nitro groups is 1. The van der Waals surface area contributed by atoms with Gasteiger partial charge in [0.05, 0.1) is 34.8 Å². The standard InChI is InChI=1S/C32H28ClN3O9/c33-23-6-10-27-26(13-23)31(38)22(18-43-27)15-34(14-20-3-9-28-29(12-20)45-19-44-28)30(37)17-35(16-25-2-1-11-42-25)32(39)21-4-7-24(8-5-21)36(40)41/h3-10,12-13,18,25H,1-2,11,14-17,19H2. The van der Waals surface area contributed by atoms with Crippen LogP contribution in [-0.2, 0) is 22.6 Å². The number of non-ortho nitro benzene ring substituents is 1. The van der Waals surface area contributed by atoms with Crippen LogP contribution in [0.15, 0.2) is 76.1 Å². The normalized spacial score (nSPS) is 15.3. The Bertz CT molecular complexity index is 1820. The zero-order chi connectivity index (χ0) is 31.5. The van der Waals surface area contributed by atoms with Gasteiger partial charge in [-0.25, -0.2) is 0 Å². The van der Waals surface area contributed by atoms with Crippen LogP contribution >= 0.6 is 11.6 Å². The number of rotatable bonds is 10. The summed E-state index contributed by atoms with van der Waals surface area (Å²) in [5, 5.41) is 11.8. The lowest BCUT2D eigenvalue weighted by atomic mass is 10.1. The van der Waals surface area contributed by atoms with Crippen molar-refractivity contribution in [3.63, 3.8) is 0 Å². The minimum atomic E-state index is -0.548. The molecule has 3 aromatic carbocycles. The summed E-state index contributed by atoms with van der Waals surface area (Å²) in [6, 6.07) is 15.3. The number of carbonyl (C=O) groups excluding carboxylic acids is 2. The van der Waals surface area contributed by atoms with Gasteiger partial charge in [-0.05, 0) is 60.9 Å². The van der Waals surface area contributed by atoms with Crippen LogP contribution in [0.2, 0.25) is 5.02 Å². The zero-order valence-corrected chi connectivity index (χ0v) is 24.7. The average molecular weight is 634 g/mol. The van der Waals surface area contributed by atoms with Gasteiger partial charge in [0.1, 0.15) is 12.1 Å². The van der Waals surface area contributed by atoms with Crippen molar-refractivity contribution in [1.82, 2.24) is 9.80 Å². The first kappa shape index (κ1) is 30.1. The van der Waals surface area contributed by atoms with E-state index in [2.05, 4.69) is 0 Å². The van der Waals surface area contributed by atoms with Crippen molar-refractivity contribution in [3.8, 4) is 11.5 Å². The highest BCUT2D eigenvalue weighted by molar-refractivity contribution is 6.31. The fourth-order valence-electron chi connectivity index (χ4n) is 5.38. The molecule has 1 fully saturated rings. The summed E-state index contributed by atoms with van der Waals surface area (Å²) in [6.45, 7) is 0.432. The SMILES string of the molecule is O=C(CN(CC1CCCO1)C(=O)c1ccc([N+](=O)[O-])cc1)N(Cc1ccc2c(c1)OCO2)Cc1coc2ccc(Cl)cc2c1=O. The Kier molecular flexibility index (Phi) is 8.67. The van der Waals surface area contributed by atoms with Gasteiger partial charge in [-0.2, -0.15) is 0 Å². The van der Waals surface area contributed by atoms with Gasteiger partial charge >= 0.3 is 0 Å². The predicted molar refractivity (Wildman–Crippen MR) is 162 cm³/mol. The van der Waals surface area contributed by atoms with E-state index in [1.165, 1.54) is 46.4 Å². The number of amides is 2. The number of nitro benzene ring substituents is 1. The molecule has 6 rings (SSSR count). The van der Waals surface area contributed by atoms with Gasteiger partial charge in [-0.3, -0.25) is 24.5 Å². The summed E-state index contributed by atoms with van der Waals surface area (Å²) in [4.78, 5) is 54.6. The van der Waals surface area contributed by atoms with Gasteiger partial charge in [-0.1, -0.05) is 17.7 Å². The molecule has 2 amide bonds. The number of hydrogen-bond donors (Lipinski definition) is 0. The number of ether oxygens (including phenoxy) is 3. The molecule has 1 aromatic heterocycles. The summed E-state index contributed by atoms with van der Waals surface area (Å²) in [6.07, 6.45) is 2.61. The van der Waals surface area contributed by atoms with Crippen molar-refractivity contribution in [1.29, 1.82) is 0 Å². The first-order valence-electron chi connectivity index (χ1n) is 14.3. The lowest BCUT2D eigenvalue weighted by Crippen LogP contribution is -2.45. The second-order valence-corrected chi connectivity index (χ2v) is 11.2. The smallest absolute Gasteiger partial charge is 0.269 e. The van der Waals surface area contributed by atoms with E-state index in [1.54, 1.807) is 30.3 Å². The molecule has 0 radical (unpaired) electrons. The fraction of sp³-hybridized carbons (Fsp3) is 0.281. The molecular formula is C32H28ClN3O9. The summed E-state index contributed by atoms with van der Waals surface area (Å²) in [5.74, 6) is 0.205. The summed E-state index contributed by atoms with van der Waals surface area (Å²) in [5.41, 5.74) is 1.01. The second-order valence-electron chi connectivity index (χ2n) is 10.8. The van der Waals surface area contributed by atoms with Crippen LogP contribution < -0.4 is 14.9 Å². The van der Waals surface area contributed by atoms with Gasteiger partial charge in [0.2, 0.25) is 12.7 Å². The van der Waals surface area contributed by atoms with Gasteiger partial charge in [-0.15, -0.1) is 0 Å². The Hall–Kier alpha value is -4.94. The minimum Gasteiger partial charge on any atom is -0.464 e. The van der Waals surface area contributed by atoms with Crippen molar-refractivity contribution in [2.45, 2.75) is 32.0 Å². The van der Waals surface area contributed by atoms with E-state index in [9.17, 15) is 24.5 Å². The van der Waals surface area contributed by atoms with Crippen molar-refractivity contribution in [2.75, 3.05) is 26.5 Å². The third kappa shape index (κ3) is 6.76. The number of nitrogens with zero attached hydrogens (tertiary/aromatic N) is 3. The van der Waals surface area contributed by atoms with Crippen LogP contribution in [-0.4, -0.2) is 59.1 Å². The van der Waals surface area contributed by atoms with Crippen LogP contribution in [0.1, 0.15) is 34.3 Å². The monoisotopic (exact) mass is 633 g/mol. The molecule has 3 heterocycles. The molecule has 13 heteroatoms. The van der Waals surface area contributed by atoms with Crippen LogP contribution in [0.4, 0.5) is 5.69 Å². The van der Waals surface area contributed by atoms with Gasteiger partial charge in [0.15, 0.2) is 16.9 Å². The van der Waals surface area contributed by atoms with E-state index < -0.39 is 16.7 Å². The van der Waals surface area contributed by atoms with Gasteiger partial charge in [0, 0.05) is 42.4 Å². The van der Waals surface area contributed by atoms with Crippen LogP contribution in [0, 0.1) is 10.1 Å². The van der Waals surface area contributed by atoms with E-state index in [0.29, 0.717) is 34.3 Å². The number of halogens is 1. The lowest BCUT2D eigenvalue weighted by molar-refractivity contribution is -0.384. The molecule has 4 aromatic rings. The first-order chi connectivity index (χ1) is 21.7. The molecule has 2 aliphatic rings. The number of benzene rings is 3. The Balaban J connectivity index is 1.30. The predicted octanol–water partition coefficient (Wildman–Crippen LogP) is 4.93. The number of fused-ring (bicyclic) bond motifs is 2. The number of carbonyl (C=O) groups is 2. The highest BCUT2D eigenvalue weighted by Crippen LogP contribution is 2.33. The molecule has 0 saturated carbocycles. The average Bonchev–Trinajstić information content (AvgIpc) is 3.73. The highest BCUT2D eigenvalue weighted by Gasteiger charge is 2.28. The van der Waals surface area contributed by atoms with E-state index in [1.807, 2.05) is 0 Å². The van der Waals surface area contributed by atoms with Gasteiger partial charge in [0.25, 0.3) is 11.6 Å². The van der Waals surface area contributed by atoms with E-state index >= 15 is 0 Å². The largest absolute Gasteiger partial charge is 0.464 e. The highest BCUT2D eigenvalue weighted by atomic mass is 35.5. The first-order valence-corrected chi connectivity index (χ1v) is 14.6. The molecule has 0 N–H and O–H groups in total. The molecule has 1 atom stereocenters. The Labute approximate surface area is 261 Å². The Morgan fingerprint density at radius 2 is 1.78 bits per heavy atom. The van der Waals surface area contributed by atoms with Crippen LogP contribution in [0.5, 0.6) is 11.5 Å². The molecule has 1 saturated heterocycles. The fourth-order valence-corrected chi connectivity index (χ4v) is 5.55. The van der Waals surface area contributed by atoms with E-state index in [-0.39, 0.29) is 66.7 Å². The Morgan fingerprint density at radius 3 is 2.53 bits per heavy atom. The van der Waals surface area contributed by atoms with Crippen molar-refractivity contribution in [3.05, 3.63) is 109 Å². The summed E-state index contributed by atoms with van der Waals surface area (Å²) < 4.78 is 22.4. The van der Waals surface area contributed by atoms with Crippen molar-refractivity contribution in [2.24, 2.45) is 0 Å². The van der Waals surface area contributed by atoms with Crippen molar-refractivity contribution < 1.29 is 33.1 Å². The lowest BCUT2D eigenvalue weighted by Gasteiger charge is -2.29. The van der Waals surface area contributed by atoms with Gasteiger partial charge < -0.3 is 28.4 Å². The van der Waals surface area contributed by atoms with Crippen molar-refractivity contribution >= 4 is 40.1 Å². The summed E-state index contributed by atoms with van der Waals surface area (Å²) in [7, 11) is 0. The molecule has 232 valence electrons.